The molecule has 0 saturated carbocycles. The highest BCUT2D eigenvalue weighted by molar-refractivity contribution is 7.90. The Morgan fingerprint density at radius 2 is 1.85 bits per heavy atom. The second-order valence-corrected chi connectivity index (χ2v) is 7.01. The summed E-state index contributed by atoms with van der Waals surface area (Å²) in [5, 5.41) is 0. The summed E-state index contributed by atoms with van der Waals surface area (Å²) < 4.78 is 54.3. The highest BCUT2D eigenvalue weighted by Crippen LogP contribution is 2.40. The Balaban J connectivity index is 2.68. The van der Waals surface area contributed by atoms with Crippen LogP contribution in [-0.4, -0.2) is 30.8 Å². The summed E-state index contributed by atoms with van der Waals surface area (Å²) >= 11 is 0. The third kappa shape index (κ3) is 2.13. The maximum absolute atomic E-state index is 12.3. The Hall–Kier alpha value is -1.70. The average molecular weight is 305 g/mol. The van der Waals surface area contributed by atoms with E-state index in [4.69, 9.17) is 0 Å². The zero-order chi connectivity index (χ0) is 15.3. The van der Waals surface area contributed by atoms with Crippen LogP contribution in [-0.2, 0) is 10.0 Å². The average Bonchev–Trinajstić information content (AvgIpc) is 2.45. The number of halogens is 2. The summed E-state index contributed by atoms with van der Waals surface area (Å²) in [6.45, 7) is 1.49. The minimum atomic E-state index is -4.05. The van der Waals surface area contributed by atoms with Gasteiger partial charge in [-0.3, -0.25) is 4.79 Å². The van der Waals surface area contributed by atoms with Crippen LogP contribution in [0.15, 0.2) is 23.1 Å². The maximum Gasteiger partial charge on any atom is 0.387 e. The molecule has 0 N–H and O–H groups in total. The Bertz CT molecular complexity index is 665. The Morgan fingerprint density at radius 1 is 1.25 bits per heavy atom. The lowest BCUT2D eigenvalue weighted by Crippen LogP contribution is -2.45. The molecule has 0 spiro atoms. The van der Waals surface area contributed by atoms with Crippen molar-refractivity contribution in [1.82, 2.24) is 4.31 Å². The minimum Gasteiger partial charge on any atom is -0.434 e. The van der Waals surface area contributed by atoms with Crippen LogP contribution >= 0.6 is 0 Å². The van der Waals surface area contributed by atoms with E-state index in [9.17, 15) is 22.0 Å². The highest BCUT2D eigenvalue weighted by Gasteiger charge is 2.48. The molecule has 2 rings (SSSR count). The van der Waals surface area contributed by atoms with Gasteiger partial charge in [0.15, 0.2) is 0 Å². The second kappa shape index (κ2) is 4.41. The first-order valence-electron chi connectivity index (χ1n) is 5.74. The van der Waals surface area contributed by atoms with Gasteiger partial charge < -0.3 is 4.74 Å². The molecule has 110 valence electrons. The number of benzene rings is 1. The predicted octanol–water partition coefficient (Wildman–Crippen LogP) is 2.23. The van der Waals surface area contributed by atoms with E-state index in [-0.39, 0.29) is 10.5 Å². The molecule has 0 atom stereocenters. The van der Waals surface area contributed by atoms with Crippen molar-refractivity contribution < 1.29 is 26.7 Å². The van der Waals surface area contributed by atoms with Gasteiger partial charge in [0.05, 0.1) is 5.54 Å². The van der Waals surface area contributed by atoms with Crippen LogP contribution < -0.4 is 4.74 Å². The molecule has 8 heteroatoms. The van der Waals surface area contributed by atoms with Gasteiger partial charge in [0.25, 0.3) is 15.9 Å². The lowest BCUT2D eigenvalue weighted by Gasteiger charge is -2.29. The number of ether oxygens (including phenoxy) is 1. The van der Waals surface area contributed by atoms with Gasteiger partial charge in [0.1, 0.15) is 16.2 Å². The van der Waals surface area contributed by atoms with Crippen molar-refractivity contribution in [3.05, 3.63) is 23.8 Å². The fourth-order valence-electron chi connectivity index (χ4n) is 2.11. The third-order valence-corrected chi connectivity index (χ3v) is 4.82. The standard InChI is InChI=1S/C12H13F2NO4S/c1-12(2,3)15-10(16)9-7(19-11(13)14)5-4-6-8(9)20(15,17)18/h4-6,11H,1-3H3. The molecule has 0 saturated heterocycles. The number of carbonyl (C=O) groups is 1. The fraction of sp³-hybridized carbons (Fsp3) is 0.417. The summed E-state index contributed by atoms with van der Waals surface area (Å²) in [4.78, 5) is 12.0. The normalized spacial score (nSPS) is 17.5. The third-order valence-electron chi connectivity index (χ3n) is 2.73. The van der Waals surface area contributed by atoms with Crippen LogP contribution in [0.25, 0.3) is 0 Å². The van der Waals surface area contributed by atoms with Crippen LogP contribution in [0.2, 0.25) is 0 Å². The van der Waals surface area contributed by atoms with Crippen molar-refractivity contribution in [2.75, 3.05) is 0 Å². The molecule has 1 aromatic rings. The van der Waals surface area contributed by atoms with Crippen molar-refractivity contribution in [3.8, 4) is 5.75 Å². The van der Waals surface area contributed by atoms with Crippen LogP contribution in [0.1, 0.15) is 31.1 Å². The van der Waals surface area contributed by atoms with Crippen molar-refractivity contribution in [2.24, 2.45) is 0 Å². The second-order valence-electron chi connectivity index (χ2n) is 5.25. The van der Waals surface area contributed by atoms with Crippen molar-refractivity contribution in [2.45, 2.75) is 37.8 Å². The van der Waals surface area contributed by atoms with Gasteiger partial charge in [-0.2, -0.15) is 8.78 Å². The molecule has 1 aliphatic rings. The number of fused-ring (bicyclic) bond motifs is 1. The van der Waals surface area contributed by atoms with Gasteiger partial charge in [-0.05, 0) is 32.9 Å². The van der Waals surface area contributed by atoms with E-state index in [1.807, 2.05) is 0 Å². The number of sulfonamides is 1. The summed E-state index contributed by atoms with van der Waals surface area (Å²) in [6, 6.07) is 3.60. The molecule has 1 heterocycles. The number of carbonyl (C=O) groups excluding carboxylic acids is 1. The van der Waals surface area contributed by atoms with Crippen LogP contribution in [0.5, 0.6) is 5.75 Å². The van der Waals surface area contributed by atoms with E-state index in [2.05, 4.69) is 4.74 Å². The van der Waals surface area contributed by atoms with E-state index in [1.54, 1.807) is 20.8 Å². The zero-order valence-electron chi connectivity index (χ0n) is 11.1. The quantitative estimate of drug-likeness (QED) is 0.840. The van der Waals surface area contributed by atoms with Gasteiger partial charge in [-0.15, -0.1) is 0 Å². The molecule has 1 aliphatic heterocycles. The number of nitrogens with zero attached hydrogens (tertiary/aromatic N) is 1. The first-order valence-corrected chi connectivity index (χ1v) is 7.18. The monoisotopic (exact) mass is 305 g/mol. The van der Waals surface area contributed by atoms with E-state index in [0.717, 1.165) is 6.07 Å². The van der Waals surface area contributed by atoms with Crippen molar-refractivity contribution >= 4 is 15.9 Å². The SMILES string of the molecule is CC(C)(C)N1C(=O)c2c(OC(F)F)cccc2S1(=O)=O. The Kier molecular flexibility index (Phi) is 3.24. The van der Waals surface area contributed by atoms with E-state index in [0.29, 0.717) is 4.31 Å². The molecule has 0 fully saturated rings. The number of hydrogen-bond acceptors (Lipinski definition) is 4. The minimum absolute atomic E-state index is 0.310. The van der Waals surface area contributed by atoms with Gasteiger partial charge in [-0.1, -0.05) is 6.07 Å². The van der Waals surface area contributed by atoms with Crippen molar-refractivity contribution in [1.29, 1.82) is 0 Å². The molecule has 1 aromatic carbocycles. The summed E-state index contributed by atoms with van der Waals surface area (Å²) in [6.07, 6.45) is 0. The summed E-state index contributed by atoms with van der Waals surface area (Å²) in [5.41, 5.74) is -1.35. The molecule has 0 radical (unpaired) electrons. The fourth-order valence-corrected chi connectivity index (χ4v) is 4.03. The number of hydrogen-bond donors (Lipinski definition) is 0. The molecule has 0 aromatic heterocycles. The molecule has 0 aliphatic carbocycles. The van der Waals surface area contributed by atoms with E-state index >= 15 is 0 Å². The van der Waals surface area contributed by atoms with Crippen LogP contribution in [0.4, 0.5) is 8.78 Å². The predicted molar refractivity (Wildman–Crippen MR) is 66.2 cm³/mol. The molecule has 0 unspecified atom stereocenters. The maximum atomic E-state index is 12.3. The smallest absolute Gasteiger partial charge is 0.387 e. The van der Waals surface area contributed by atoms with Gasteiger partial charge in [-0.25, -0.2) is 12.7 Å². The highest BCUT2D eigenvalue weighted by atomic mass is 32.2. The molecule has 5 nitrogen and oxygen atoms in total. The number of rotatable bonds is 2. The molecule has 0 bridgehead atoms. The molecular formula is C12H13F2NO4S. The Morgan fingerprint density at radius 3 is 2.35 bits per heavy atom. The zero-order valence-corrected chi connectivity index (χ0v) is 11.9. The lowest BCUT2D eigenvalue weighted by molar-refractivity contribution is -0.0503. The lowest BCUT2D eigenvalue weighted by atomic mass is 10.1. The largest absolute Gasteiger partial charge is 0.434 e. The van der Waals surface area contributed by atoms with Crippen LogP contribution in [0.3, 0.4) is 0 Å². The molecular weight excluding hydrogens is 292 g/mol. The van der Waals surface area contributed by atoms with E-state index in [1.165, 1.54) is 12.1 Å². The summed E-state index contributed by atoms with van der Waals surface area (Å²) in [7, 11) is -4.05. The number of alkyl halides is 2. The summed E-state index contributed by atoms with van der Waals surface area (Å²) in [5.74, 6) is -1.29. The molecule has 1 amide bonds. The first-order chi connectivity index (χ1) is 9.06. The Labute approximate surface area is 115 Å². The first kappa shape index (κ1) is 14.7. The number of amides is 1. The van der Waals surface area contributed by atoms with E-state index < -0.39 is 33.8 Å². The topological polar surface area (TPSA) is 63.7 Å². The van der Waals surface area contributed by atoms with Crippen LogP contribution in [0, 0.1) is 0 Å². The van der Waals surface area contributed by atoms with Gasteiger partial charge in [0, 0.05) is 0 Å². The van der Waals surface area contributed by atoms with Crippen molar-refractivity contribution in [3.63, 3.8) is 0 Å². The van der Waals surface area contributed by atoms with Gasteiger partial charge >= 0.3 is 6.61 Å². The molecule has 20 heavy (non-hydrogen) atoms. The van der Waals surface area contributed by atoms with Gasteiger partial charge in [0.2, 0.25) is 0 Å².